The van der Waals surface area contributed by atoms with Crippen molar-refractivity contribution in [1.29, 1.82) is 0 Å². The lowest BCUT2D eigenvalue weighted by atomic mass is 10.1. The Bertz CT molecular complexity index is 328. The molecular formula is C14H22N2O. The Hall–Kier alpha value is -0.900. The standard InChI is InChI=1S/C14H22N2O/c1-2-16(10-12-6-4-3-5-7-12)11-13-8-14(17)9-15-13/h3-7,13-15,17H,2,8-11H2,1H3. The van der Waals surface area contributed by atoms with Gasteiger partial charge in [-0.2, -0.15) is 0 Å². The second kappa shape index (κ2) is 6.15. The molecule has 1 fully saturated rings. The third-order valence-electron chi connectivity index (χ3n) is 3.37. The smallest absolute Gasteiger partial charge is 0.0680 e. The summed E-state index contributed by atoms with van der Waals surface area (Å²) < 4.78 is 0. The highest BCUT2D eigenvalue weighted by Gasteiger charge is 2.23. The zero-order valence-corrected chi connectivity index (χ0v) is 10.5. The number of nitrogens with zero attached hydrogens (tertiary/aromatic N) is 1. The van der Waals surface area contributed by atoms with Gasteiger partial charge >= 0.3 is 0 Å². The number of likely N-dealkylation sites (N-methyl/N-ethyl adjacent to an activating group) is 1. The quantitative estimate of drug-likeness (QED) is 0.804. The predicted octanol–water partition coefficient (Wildman–Crippen LogP) is 1.23. The van der Waals surface area contributed by atoms with Gasteiger partial charge in [0.2, 0.25) is 0 Å². The summed E-state index contributed by atoms with van der Waals surface area (Å²) >= 11 is 0. The van der Waals surface area contributed by atoms with Crippen LogP contribution in [0.4, 0.5) is 0 Å². The molecule has 0 radical (unpaired) electrons. The first-order valence-corrected chi connectivity index (χ1v) is 6.45. The van der Waals surface area contributed by atoms with E-state index in [-0.39, 0.29) is 6.10 Å². The van der Waals surface area contributed by atoms with Gasteiger partial charge in [-0.15, -0.1) is 0 Å². The van der Waals surface area contributed by atoms with Crippen molar-refractivity contribution in [3.8, 4) is 0 Å². The van der Waals surface area contributed by atoms with Crippen LogP contribution in [0.2, 0.25) is 0 Å². The lowest BCUT2D eigenvalue weighted by Gasteiger charge is -2.24. The molecule has 0 aliphatic carbocycles. The van der Waals surface area contributed by atoms with E-state index in [1.54, 1.807) is 0 Å². The first-order valence-electron chi connectivity index (χ1n) is 6.45. The highest BCUT2D eigenvalue weighted by molar-refractivity contribution is 5.14. The van der Waals surface area contributed by atoms with E-state index >= 15 is 0 Å². The first-order chi connectivity index (χ1) is 8.28. The summed E-state index contributed by atoms with van der Waals surface area (Å²) in [6.07, 6.45) is 0.723. The van der Waals surface area contributed by atoms with Crippen molar-refractivity contribution in [2.24, 2.45) is 0 Å². The van der Waals surface area contributed by atoms with Crippen LogP contribution in [0.1, 0.15) is 18.9 Å². The molecule has 17 heavy (non-hydrogen) atoms. The number of hydrogen-bond acceptors (Lipinski definition) is 3. The van der Waals surface area contributed by atoms with Gasteiger partial charge in [-0.1, -0.05) is 37.3 Å². The molecular weight excluding hydrogens is 212 g/mol. The van der Waals surface area contributed by atoms with Gasteiger partial charge in [-0.3, -0.25) is 4.90 Å². The van der Waals surface area contributed by atoms with Gasteiger partial charge in [0.25, 0.3) is 0 Å². The Morgan fingerprint density at radius 2 is 2.12 bits per heavy atom. The highest BCUT2D eigenvalue weighted by Crippen LogP contribution is 2.10. The molecule has 2 rings (SSSR count). The van der Waals surface area contributed by atoms with Crippen LogP contribution in [0, 0.1) is 0 Å². The molecule has 0 saturated carbocycles. The van der Waals surface area contributed by atoms with Crippen molar-refractivity contribution < 1.29 is 5.11 Å². The summed E-state index contributed by atoms with van der Waals surface area (Å²) in [5.41, 5.74) is 1.35. The average Bonchev–Trinajstić information content (AvgIpc) is 2.75. The lowest BCUT2D eigenvalue weighted by Crippen LogP contribution is -2.37. The SMILES string of the molecule is CCN(Cc1ccccc1)CC1CC(O)CN1. The third-order valence-corrected chi connectivity index (χ3v) is 3.37. The van der Waals surface area contributed by atoms with Crippen molar-refractivity contribution >= 4 is 0 Å². The molecule has 1 aromatic rings. The molecule has 2 N–H and O–H groups in total. The summed E-state index contributed by atoms with van der Waals surface area (Å²) in [4.78, 5) is 2.42. The van der Waals surface area contributed by atoms with Gasteiger partial charge < -0.3 is 10.4 Å². The van der Waals surface area contributed by atoms with Gasteiger partial charge in [0.1, 0.15) is 0 Å². The Morgan fingerprint density at radius 3 is 2.71 bits per heavy atom. The maximum atomic E-state index is 9.49. The van der Waals surface area contributed by atoms with E-state index in [4.69, 9.17) is 0 Å². The fourth-order valence-corrected chi connectivity index (χ4v) is 2.40. The summed E-state index contributed by atoms with van der Waals surface area (Å²) in [6, 6.07) is 11.0. The number of nitrogens with one attached hydrogen (secondary N) is 1. The minimum Gasteiger partial charge on any atom is -0.392 e. The molecule has 0 spiro atoms. The minimum atomic E-state index is -0.157. The van der Waals surface area contributed by atoms with E-state index in [0.717, 1.165) is 32.6 Å². The topological polar surface area (TPSA) is 35.5 Å². The number of β-amino-alcohol motifs (C(OH)–C–C–N with tert-alkyl or cyclic N) is 1. The number of aliphatic hydroxyl groups excluding tert-OH is 1. The average molecular weight is 234 g/mol. The van der Waals surface area contributed by atoms with Crippen molar-refractivity contribution in [2.45, 2.75) is 32.0 Å². The molecule has 1 aliphatic heterocycles. The highest BCUT2D eigenvalue weighted by atomic mass is 16.3. The molecule has 0 amide bonds. The van der Waals surface area contributed by atoms with Crippen LogP contribution in [-0.4, -0.2) is 41.8 Å². The van der Waals surface area contributed by atoms with Gasteiger partial charge in [-0.25, -0.2) is 0 Å². The fourth-order valence-electron chi connectivity index (χ4n) is 2.40. The van der Waals surface area contributed by atoms with E-state index in [1.165, 1.54) is 5.56 Å². The third kappa shape index (κ3) is 3.80. The zero-order chi connectivity index (χ0) is 12.1. The minimum absolute atomic E-state index is 0.157. The van der Waals surface area contributed by atoms with E-state index in [1.807, 2.05) is 0 Å². The Labute approximate surface area is 103 Å². The molecule has 1 aliphatic rings. The number of benzene rings is 1. The first kappa shape index (κ1) is 12.6. The van der Waals surface area contributed by atoms with Crippen LogP contribution in [0.15, 0.2) is 30.3 Å². The second-order valence-electron chi connectivity index (χ2n) is 4.81. The predicted molar refractivity (Wildman–Crippen MR) is 69.8 cm³/mol. The molecule has 1 heterocycles. The zero-order valence-electron chi connectivity index (χ0n) is 10.5. The van der Waals surface area contributed by atoms with Crippen molar-refractivity contribution in [1.82, 2.24) is 10.2 Å². The summed E-state index contributed by atoms with van der Waals surface area (Å²) in [6.45, 7) is 5.99. The molecule has 94 valence electrons. The number of hydrogen-bond donors (Lipinski definition) is 2. The maximum Gasteiger partial charge on any atom is 0.0680 e. The van der Waals surface area contributed by atoms with Crippen LogP contribution in [-0.2, 0) is 6.54 Å². The van der Waals surface area contributed by atoms with Crippen molar-refractivity contribution in [3.63, 3.8) is 0 Å². The van der Waals surface area contributed by atoms with Crippen molar-refractivity contribution in [3.05, 3.63) is 35.9 Å². The van der Waals surface area contributed by atoms with E-state index in [9.17, 15) is 5.11 Å². The molecule has 1 saturated heterocycles. The number of aliphatic hydroxyl groups is 1. The van der Waals surface area contributed by atoms with Crippen LogP contribution in [0.25, 0.3) is 0 Å². The lowest BCUT2D eigenvalue weighted by molar-refractivity contribution is 0.186. The summed E-state index contributed by atoms with van der Waals surface area (Å²) in [5, 5.41) is 12.9. The van der Waals surface area contributed by atoms with Crippen LogP contribution in [0.3, 0.4) is 0 Å². The van der Waals surface area contributed by atoms with Crippen molar-refractivity contribution in [2.75, 3.05) is 19.6 Å². The van der Waals surface area contributed by atoms with E-state index < -0.39 is 0 Å². The molecule has 0 bridgehead atoms. The molecule has 2 atom stereocenters. The van der Waals surface area contributed by atoms with Gasteiger partial charge in [0.05, 0.1) is 6.10 Å². The normalized spacial score (nSPS) is 24.4. The molecule has 3 nitrogen and oxygen atoms in total. The number of rotatable bonds is 5. The maximum absolute atomic E-state index is 9.49. The summed E-state index contributed by atoms with van der Waals surface area (Å²) in [5.74, 6) is 0. The molecule has 2 unspecified atom stereocenters. The van der Waals surface area contributed by atoms with E-state index in [2.05, 4.69) is 47.5 Å². The van der Waals surface area contributed by atoms with Crippen LogP contribution in [0.5, 0.6) is 0 Å². The Morgan fingerprint density at radius 1 is 1.35 bits per heavy atom. The second-order valence-corrected chi connectivity index (χ2v) is 4.81. The molecule has 0 aromatic heterocycles. The molecule has 1 aromatic carbocycles. The molecule has 3 heteroatoms. The Kier molecular flexibility index (Phi) is 4.54. The van der Waals surface area contributed by atoms with Gasteiger partial charge in [-0.05, 0) is 18.5 Å². The largest absolute Gasteiger partial charge is 0.392 e. The van der Waals surface area contributed by atoms with Crippen LogP contribution < -0.4 is 5.32 Å². The Balaban J connectivity index is 1.85. The van der Waals surface area contributed by atoms with E-state index in [0.29, 0.717) is 6.04 Å². The van der Waals surface area contributed by atoms with Gasteiger partial charge in [0.15, 0.2) is 0 Å². The van der Waals surface area contributed by atoms with Gasteiger partial charge in [0, 0.05) is 25.7 Å². The summed E-state index contributed by atoms with van der Waals surface area (Å²) in [7, 11) is 0. The monoisotopic (exact) mass is 234 g/mol. The fraction of sp³-hybridized carbons (Fsp3) is 0.571. The van der Waals surface area contributed by atoms with Crippen LogP contribution >= 0.6 is 0 Å².